The summed E-state index contributed by atoms with van der Waals surface area (Å²) < 4.78 is 13.1. The Kier molecular flexibility index (Phi) is 6.73. The molecule has 0 radical (unpaired) electrons. The third-order valence-corrected chi connectivity index (χ3v) is 4.21. The SMILES string of the molecule is CCCNC(=S)N1CC[NH+](CC(=O)Nc2cccc(F)c2)CC1. The van der Waals surface area contributed by atoms with E-state index in [-0.39, 0.29) is 11.7 Å². The largest absolute Gasteiger partial charge is 0.363 e. The van der Waals surface area contributed by atoms with Crippen molar-refractivity contribution in [1.29, 1.82) is 0 Å². The zero-order valence-corrected chi connectivity index (χ0v) is 14.2. The Morgan fingerprint density at radius 3 is 2.78 bits per heavy atom. The van der Waals surface area contributed by atoms with E-state index < -0.39 is 0 Å². The second-order valence-electron chi connectivity index (χ2n) is 5.70. The summed E-state index contributed by atoms with van der Waals surface area (Å²) in [7, 11) is 0. The number of halogens is 1. The molecule has 0 spiro atoms. The number of nitrogens with zero attached hydrogens (tertiary/aromatic N) is 1. The van der Waals surface area contributed by atoms with E-state index in [4.69, 9.17) is 12.2 Å². The average Bonchev–Trinajstić information content (AvgIpc) is 2.53. The molecular weight excluding hydrogens is 315 g/mol. The number of quaternary nitrogens is 1. The van der Waals surface area contributed by atoms with Gasteiger partial charge in [0.2, 0.25) is 0 Å². The lowest BCUT2D eigenvalue weighted by Gasteiger charge is -2.33. The van der Waals surface area contributed by atoms with E-state index in [2.05, 4.69) is 22.5 Å². The lowest BCUT2D eigenvalue weighted by Crippen LogP contribution is -3.15. The summed E-state index contributed by atoms with van der Waals surface area (Å²) in [6, 6.07) is 5.95. The highest BCUT2D eigenvalue weighted by Crippen LogP contribution is 2.08. The van der Waals surface area contributed by atoms with Gasteiger partial charge in [0.05, 0.1) is 26.2 Å². The minimum absolute atomic E-state index is 0.0919. The number of thiocarbonyl (C=S) groups is 1. The van der Waals surface area contributed by atoms with Crippen LogP contribution in [0.4, 0.5) is 10.1 Å². The minimum Gasteiger partial charge on any atom is -0.363 e. The zero-order valence-electron chi connectivity index (χ0n) is 13.4. The Morgan fingerprint density at radius 1 is 1.39 bits per heavy atom. The number of carbonyl (C=O) groups excluding carboxylic acids is 1. The van der Waals surface area contributed by atoms with Crippen molar-refractivity contribution in [2.45, 2.75) is 13.3 Å². The van der Waals surface area contributed by atoms with E-state index in [0.717, 1.165) is 44.3 Å². The minimum atomic E-state index is -0.350. The van der Waals surface area contributed by atoms with Crippen molar-refractivity contribution < 1.29 is 14.1 Å². The molecule has 0 saturated carbocycles. The molecule has 1 aliphatic rings. The highest BCUT2D eigenvalue weighted by molar-refractivity contribution is 7.80. The van der Waals surface area contributed by atoms with Crippen LogP contribution in [0.1, 0.15) is 13.3 Å². The molecule has 7 heteroatoms. The first-order chi connectivity index (χ1) is 11.1. The van der Waals surface area contributed by atoms with Crippen LogP contribution in [0.15, 0.2) is 24.3 Å². The van der Waals surface area contributed by atoms with Gasteiger partial charge in [-0.05, 0) is 36.8 Å². The molecule has 2 rings (SSSR count). The van der Waals surface area contributed by atoms with E-state index in [1.54, 1.807) is 12.1 Å². The van der Waals surface area contributed by atoms with Crippen LogP contribution in [-0.4, -0.2) is 55.2 Å². The number of benzene rings is 1. The molecule has 23 heavy (non-hydrogen) atoms. The predicted octanol–water partition coefficient (Wildman–Crippen LogP) is 0.249. The van der Waals surface area contributed by atoms with Gasteiger partial charge in [0.15, 0.2) is 11.7 Å². The summed E-state index contributed by atoms with van der Waals surface area (Å²) in [6.45, 7) is 6.81. The maximum absolute atomic E-state index is 13.1. The number of hydrogen-bond acceptors (Lipinski definition) is 2. The number of rotatable bonds is 5. The second kappa shape index (κ2) is 8.79. The van der Waals surface area contributed by atoms with E-state index >= 15 is 0 Å². The molecule has 0 unspecified atom stereocenters. The van der Waals surface area contributed by atoms with E-state index in [1.165, 1.54) is 17.0 Å². The highest BCUT2D eigenvalue weighted by Gasteiger charge is 2.23. The van der Waals surface area contributed by atoms with Gasteiger partial charge in [-0.3, -0.25) is 4.79 Å². The van der Waals surface area contributed by atoms with Crippen LogP contribution < -0.4 is 15.5 Å². The van der Waals surface area contributed by atoms with Crippen molar-refractivity contribution in [3.05, 3.63) is 30.1 Å². The Balaban J connectivity index is 1.73. The van der Waals surface area contributed by atoms with Crippen LogP contribution in [0.3, 0.4) is 0 Å². The fourth-order valence-electron chi connectivity index (χ4n) is 2.55. The number of piperazine rings is 1. The van der Waals surface area contributed by atoms with Gasteiger partial charge in [-0.2, -0.15) is 0 Å². The quantitative estimate of drug-likeness (QED) is 0.673. The van der Waals surface area contributed by atoms with Crippen LogP contribution in [-0.2, 0) is 4.79 Å². The first kappa shape index (κ1) is 17.6. The zero-order chi connectivity index (χ0) is 16.7. The molecule has 1 fully saturated rings. The van der Waals surface area contributed by atoms with Gasteiger partial charge < -0.3 is 20.4 Å². The molecule has 126 valence electrons. The van der Waals surface area contributed by atoms with Crippen molar-refractivity contribution in [1.82, 2.24) is 10.2 Å². The average molecular weight is 339 g/mol. The second-order valence-corrected chi connectivity index (χ2v) is 6.09. The van der Waals surface area contributed by atoms with Crippen molar-refractivity contribution in [2.24, 2.45) is 0 Å². The molecule has 0 atom stereocenters. The van der Waals surface area contributed by atoms with Crippen LogP contribution in [0, 0.1) is 5.82 Å². The molecule has 1 amide bonds. The molecule has 5 nitrogen and oxygen atoms in total. The summed E-state index contributed by atoms with van der Waals surface area (Å²) in [5.41, 5.74) is 0.498. The number of anilines is 1. The Bertz CT molecular complexity index is 547. The molecule has 1 heterocycles. The number of hydrogen-bond donors (Lipinski definition) is 3. The Morgan fingerprint density at radius 2 is 2.13 bits per heavy atom. The molecular formula is C16H24FN4OS+. The summed E-state index contributed by atoms with van der Waals surface area (Å²) in [4.78, 5) is 15.4. The van der Waals surface area contributed by atoms with E-state index in [0.29, 0.717) is 12.2 Å². The fourth-order valence-corrected chi connectivity index (χ4v) is 2.83. The van der Waals surface area contributed by atoms with Gasteiger partial charge >= 0.3 is 0 Å². The normalized spacial score (nSPS) is 15.3. The Hall–Kier alpha value is -1.73. The number of amides is 1. The molecule has 0 aliphatic carbocycles. The summed E-state index contributed by atoms with van der Waals surface area (Å²) in [5.74, 6) is -0.442. The first-order valence-electron chi connectivity index (χ1n) is 8.00. The standard InChI is InChI=1S/C16H23FN4OS/c1-2-6-18-16(23)21-9-7-20(8-10-21)12-15(22)19-14-5-3-4-13(17)11-14/h3-5,11H,2,6-10,12H2,1H3,(H,18,23)(H,19,22)/p+1. The molecule has 1 saturated heterocycles. The summed E-state index contributed by atoms with van der Waals surface area (Å²) in [5, 5.41) is 6.77. The molecule has 3 N–H and O–H groups in total. The van der Waals surface area contributed by atoms with Gasteiger partial charge in [0, 0.05) is 12.2 Å². The van der Waals surface area contributed by atoms with Crippen molar-refractivity contribution in [3.63, 3.8) is 0 Å². The smallest absolute Gasteiger partial charge is 0.279 e. The van der Waals surface area contributed by atoms with E-state index in [9.17, 15) is 9.18 Å². The van der Waals surface area contributed by atoms with Crippen LogP contribution in [0.25, 0.3) is 0 Å². The summed E-state index contributed by atoms with van der Waals surface area (Å²) in [6.07, 6.45) is 1.05. The summed E-state index contributed by atoms with van der Waals surface area (Å²) >= 11 is 5.36. The van der Waals surface area contributed by atoms with Gasteiger partial charge in [-0.15, -0.1) is 0 Å². The maximum atomic E-state index is 13.1. The number of carbonyl (C=O) groups is 1. The Labute approximate surface area is 141 Å². The van der Waals surface area contributed by atoms with Crippen LogP contribution in [0.2, 0.25) is 0 Å². The molecule has 1 aromatic rings. The molecule has 0 bridgehead atoms. The van der Waals surface area contributed by atoms with Gasteiger partial charge in [-0.25, -0.2) is 4.39 Å². The lowest BCUT2D eigenvalue weighted by atomic mass is 10.3. The van der Waals surface area contributed by atoms with Gasteiger partial charge in [0.1, 0.15) is 5.82 Å². The number of nitrogens with one attached hydrogen (secondary N) is 3. The van der Waals surface area contributed by atoms with Gasteiger partial charge in [0.25, 0.3) is 5.91 Å². The lowest BCUT2D eigenvalue weighted by molar-refractivity contribution is -0.895. The molecule has 0 aromatic heterocycles. The van der Waals surface area contributed by atoms with Crippen molar-refractivity contribution in [3.8, 4) is 0 Å². The fraction of sp³-hybridized carbons (Fsp3) is 0.500. The van der Waals surface area contributed by atoms with E-state index in [1.807, 2.05) is 0 Å². The van der Waals surface area contributed by atoms with Crippen molar-refractivity contribution >= 4 is 28.9 Å². The van der Waals surface area contributed by atoms with Crippen molar-refractivity contribution in [2.75, 3.05) is 44.6 Å². The predicted molar refractivity (Wildman–Crippen MR) is 93.1 cm³/mol. The topological polar surface area (TPSA) is 48.8 Å². The first-order valence-corrected chi connectivity index (χ1v) is 8.41. The third kappa shape index (κ3) is 5.76. The van der Waals surface area contributed by atoms with Crippen LogP contribution >= 0.6 is 12.2 Å². The van der Waals surface area contributed by atoms with Crippen LogP contribution in [0.5, 0.6) is 0 Å². The third-order valence-electron chi connectivity index (χ3n) is 3.80. The highest BCUT2D eigenvalue weighted by atomic mass is 32.1. The molecule has 1 aliphatic heterocycles. The maximum Gasteiger partial charge on any atom is 0.279 e. The monoisotopic (exact) mass is 339 g/mol. The van der Waals surface area contributed by atoms with Gasteiger partial charge in [-0.1, -0.05) is 13.0 Å². The molecule has 1 aromatic carbocycles.